The van der Waals surface area contributed by atoms with Crippen LogP contribution >= 0.6 is 11.3 Å². The molecule has 1 atom stereocenters. The predicted octanol–water partition coefficient (Wildman–Crippen LogP) is 3.09. The molecule has 0 aliphatic carbocycles. The summed E-state index contributed by atoms with van der Waals surface area (Å²) >= 11 is 1.60. The van der Waals surface area contributed by atoms with Gasteiger partial charge in [-0.2, -0.15) is 0 Å². The summed E-state index contributed by atoms with van der Waals surface area (Å²) in [6.07, 6.45) is 0. The minimum Gasteiger partial charge on any atom is -0.418 e. The summed E-state index contributed by atoms with van der Waals surface area (Å²) in [6.45, 7) is 8.96. The van der Waals surface area contributed by atoms with E-state index in [1.54, 1.807) is 11.3 Å². The predicted molar refractivity (Wildman–Crippen MR) is 90.5 cm³/mol. The summed E-state index contributed by atoms with van der Waals surface area (Å²) in [5, 5.41) is 19.1. The van der Waals surface area contributed by atoms with Gasteiger partial charge in [-0.05, 0) is 18.4 Å². The zero-order chi connectivity index (χ0) is 16.7. The second-order valence-electron chi connectivity index (χ2n) is 6.35. The smallest absolute Gasteiger partial charge is 0.257 e. The quantitative estimate of drug-likeness (QED) is 0.724. The normalized spacial score (nSPS) is 16.5. The fourth-order valence-corrected chi connectivity index (χ4v) is 3.66. The molecule has 0 saturated heterocycles. The van der Waals surface area contributed by atoms with Gasteiger partial charge in [0.2, 0.25) is 5.89 Å². The first-order chi connectivity index (χ1) is 11.6. The van der Waals surface area contributed by atoms with E-state index < -0.39 is 0 Å². The van der Waals surface area contributed by atoms with Crippen molar-refractivity contribution < 1.29 is 4.42 Å². The molecule has 0 saturated carbocycles. The van der Waals surface area contributed by atoms with Gasteiger partial charge in [-0.1, -0.05) is 19.9 Å². The lowest BCUT2D eigenvalue weighted by molar-refractivity contribution is 0.142. The van der Waals surface area contributed by atoms with Gasteiger partial charge in [0.05, 0.1) is 17.5 Å². The summed E-state index contributed by atoms with van der Waals surface area (Å²) in [7, 11) is 0. The zero-order valence-electron chi connectivity index (χ0n) is 14.0. The molecule has 0 bridgehead atoms. The van der Waals surface area contributed by atoms with Crippen molar-refractivity contribution in [2.24, 2.45) is 0 Å². The minimum atomic E-state index is 0.0548. The molecule has 0 radical (unpaired) electrons. The topological polar surface area (TPSA) is 72.9 Å². The zero-order valence-corrected chi connectivity index (χ0v) is 14.8. The molecule has 0 aromatic carbocycles. The van der Waals surface area contributed by atoms with Crippen LogP contribution < -0.4 is 0 Å². The van der Waals surface area contributed by atoms with E-state index in [0.717, 1.165) is 36.2 Å². The van der Waals surface area contributed by atoms with Crippen LogP contribution in [0.1, 0.15) is 50.3 Å². The Morgan fingerprint density at radius 1 is 1.12 bits per heavy atom. The molecular formula is C16H20N6OS. The van der Waals surface area contributed by atoms with Crippen LogP contribution in [0.25, 0.3) is 10.8 Å². The van der Waals surface area contributed by atoms with Gasteiger partial charge in [0.25, 0.3) is 5.89 Å². The highest BCUT2D eigenvalue weighted by Crippen LogP contribution is 2.29. The van der Waals surface area contributed by atoms with E-state index >= 15 is 0 Å². The lowest BCUT2D eigenvalue weighted by Crippen LogP contribution is -2.36. The number of rotatable bonds is 4. The van der Waals surface area contributed by atoms with Crippen molar-refractivity contribution in [3.8, 4) is 10.8 Å². The Labute approximate surface area is 144 Å². The molecule has 3 aromatic heterocycles. The van der Waals surface area contributed by atoms with Crippen LogP contribution in [0.2, 0.25) is 0 Å². The molecule has 0 N–H and O–H groups in total. The van der Waals surface area contributed by atoms with E-state index in [9.17, 15) is 0 Å². The maximum Gasteiger partial charge on any atom is 0.257 e. The summed E-state index contributed by atoms with van der Waals surface area (Å²) in [4.78, 5) is 3.31. The maximum absolute atomic E-state index is 5.88. The van der Waals surface area contributed by atoms with E-state index in [1.165, 1.54) is 0 Å². The molecular weight excluding hydrogens is 324 g/mol. The van der Waals surface area contributed by atoms with Gasteiger partial charge >= 0.3 is 0 Å². The monoisotopic (exact) mass is 344 g/mol. The molecule has 4 rings (SSSR count). The van der Waals surface area contributed by atoms with E-state index in [2.05, 4.69) is 50.6 Å². The highest BCUT2D eigenvalue weighted by Gasteiger charge is 2.28. The summed E-state index contributed by atoms with van der Waals surface area (Å²) in [6, 6.07) is 4.03. The lowest BCUT2D eigenvalue weighted by Gasteiger charge is -2.31. The van der Waals surface area contributed by atoms with Crippen molar-refractivity contribution in [3.05, 3.63) is 35.1 Å². The van der Waals surface area contributed by atoms with Crippen LogP contribution in [0.15, 0.2) is 21.9 Å². The third kappa shape index (κ3) is 2.65. The van der Waals surface area contributed by atoms with Crippen LogP contribution in [0.4, 0.5) is 0 Å². The molecule has 0 amide bonds. The molecule has 3 aromatic rings. The van der Waals surface area contributed by atoms with Crippen molar-refractivity contribution in [2.45, 2.75) is 45.8 Å². The first kappa shape index (κ1) is 15.5. The average molecular weight is 344 g/mol. The Morgan fingerprint density at radius 2 is 2.00 bits per heavy atom. The molecule has 24 heavy (non-hydrogen) atoms. The van der Waals surface area contributed by atoms with Crippen LogP contribution in [0, 0.1) is 0 Å². The SMILES string of the molecule is CC(C)c1nnc2n1CCN(C(C)c1nnc(-c3cccs3)o1)C2. The first-order valence-electron chi connectivity index (χ1n) is 8.16. The number of nitrogens with zero attached hydrogens (tertiary/aromatic N) is 6. The minimum absolute atomic E-state index is 0.0548. The second kappa shape index (κ2) is 6.10. The Morgan fingerprint density at radius 3 is 2.75 bits per heavy atom. The second-order valence-corrected chi connectivity index (χ2v) is 7.30. The number of hydrogen-bond donors (Lipinski definition) is 0. The molecule has 7 nitrogen and oxygen atoms in total. The number of hydrogen-bond acceptors (Lipinski definition) is 7. The summed E-state index contributed by atoms with van der Waals surface area (Å²) in [5.41, 5.74) is 0. The van der Waals surface area contributed by atoms with Crippen molar-refractivity contribution in [1.29, 1.82) is 0 Å². The molecule has 4 heterocycles. The molecule has 0 spiro atoms. The van der Waals surface area contributed by atoms with Crippen molar-refractivity contribution in [3.63, 3.8) is 0 Å². The Hall–Kier alpha value is -2.06. The van der Waals surface area contributed by atoms with Crippen molar-refractivity contribution >= 4 is 11.3 Å². The summed E-state index contributed by atoms with van der Waals surface area (Å²) in [5.74, 6) is 3.70. The van der Waals surface area contributed by atoms with Gasteiger partial charge in [0.1, 0.15) is 11.6 Å². The fraction of sp³-hybridized carbons (Fsp3) is 0.500. The summed E-state index contributed by atoms with van der Waals surface area (Å²) < 4.78 is 8.11. The standard InChI is InChI=1S/C16H20N6OS/c1-10(2)14-18-17-13-9-21(6-7-22(13)14)11(3)15-19-20-16(23-15)12-5-4-8-24-12/h4-5,8,10-11H,6-7,9H2,1-3H3. The van der Waals surface area contributed by atoms with Crippen LogP contribution in [0.3, 0.4) is 0 Å². The van der Waals surface area contributed by atoms with E-state index in [1.807, 2.05) is 17.5 Å². The van der Waals surface area contributed by atoms with Crippen LogP contribution in [-0.2, 0) is 13.1 Å². The molecule has 1 aliphatic rings. The maximum atomic E-state index is 5.88. The number of aromatic nitrogens is 5. The van der Waals surface area contributed by atoms with Crippen LogP contribution in [0.5, 0.6) is 0 Å². The van der Waals surface area contributed by atoms with Gasteiger partial charge in [-0.3, -0.25) is 4.90 Å². The van der Waals surface area contributed by atoms with Gasteiger partial charge in [-0.25, -0.2) is 0 Å². The van der Waals surface area contributed by atoms with Gasteiger partial charge < -0.3 is 8.98 Å². The highest BCUT2D eigenvalue weighted by molar-refractivity contribution is 7.13. The first-order valence-corrected chi connectivity index (χ1v) is 9.04. The Bertz CT molecular complexity index is 822. The third-order valence-electron chi connectivity index (χ3n) is 4.41. The van der Waals surface area contributed by atoms with Crippen molar-refractivity contribution in [1.82, 2.24) is 29.9 Å². The number of thiophene rings is 1. The largest absolute Gasteiger partial charge is 0.418 e. The van der Waals surface area contributed by atoms with E-state index in [-0.39, 0.29) is 6.04 Å². The van der Waals surface area contributed by atoms with Gasteiger partial charge in [-0.15, -0.1) is 31.7 Å². The lowest BCUT2D eigenvalue weighted by atomic mass is 10.2. The molecule has 1 unspecified atom stereocenters. The molecule has 8 heteroatoms. The Balaban J connectivity index is 1.52. The molecule has 126 valence electrons. The van der Waals surface area contributed by atoms with Crippen LogP contribution in [-0.4, -0.2) is 36.4 Å². The van der Waals surface area contributed by atoms with Gasteiger partial charge in [0, 0.05) is 19.0 Å². The van der Waals surface area contributed by atoms with E-state index in [4.69, 9.17) is 4.42 Å². The van der Waals surface area contributed by atoms with E-state index in [0.29, 0.717) is 17.7 Å². The van der Waals surface area contributed by atoms with Crippen molar-refractivity contribution in [2.75, 3.05) is 6.54 Å². The average Bonchev–Trinajstić information content (AvgIpc) is 3.31. The van der Waals surface area contributed by atoms with Gasteiger partial charge in [0.15, 0.2) is 0 Å². The number of fused-ring (bicyclic) bond motifs is 1. The fourth-order valence-electron chi connectivity index (χ4n) is 3.02. The molecule has 0 fully saturated rings. The Kier molecular flexibility index (Phi) is 3.93. The highest BCUT2D eigenvalue weighted by atomic mass is 32.1. The molecule has 1 aliphatic heterocycles. The third-order valence-corrected chi connectivity index (χ3v) is 5.26.